The zero-order chi connectivity index (χ0) is 25.5. The van der Waals surface area contributed by atoms with Crippen molar-refractivity contribution in [1.29, 1.82) is 0 Å². The van der Waals surface area contributed by atoms with E-state index in [-0.39, 0.29) is 11.6 Å². The van der Waals surface area contributed by atoms with Gasteiger partial charge in [0.25, 0.3) is 0 Å². The van der Waals surface area contributed by atoms with Gasteiger partial charge in [0.15, 0.2) is 5.01 Å². The highest BCUT2D eigenvalue weighted by molar-refractivity contribution is 9.10. The van der Waals surface area contributed by atoms with Crippen LogP contribution in [0, 0.1) is 5.82 Å². The molecular formula is C27H21BrFN3O3S. The molecule has 0 saturated carbocycles. The van der Waals surface area contributed by atoms with Crippen LogP contribution in [-0.2, 0) is 0 Å². The SMILES string of the molecule is COc1cccc(F)c1-c1cccc(-n2cnc(C(=O)c3nccs3)c2)c1.COc1ccccc1Br. The minimum absolute atomic E-state index is 0.226. The Morgan fingerprint density at radius 2 is 1.72 bits per heavy atom. The number of thiazole rings is 1. The quantitative estimate of drug-likeness (QED) is 0.211. The molecule has 0 atom stereocenters. The van der Waals surface area contributed by atoms with E-state index in [0.717, 1.165) is 15.9 Å². The van der Waals surface area contributed by atoms with Crippen LogP contribution in [0.3, 0.4) is 0 Å². The number of carbonyl (C=O) groups is 1. The van der Waals surface area contributed by atoms with Gasteiger partial charge in [0.05, 0.1) is 24.3 Å². The molecule has 0 radical (unpaired) electrons. The number of benzene rings is 3. The van der Waals surface area contributed by atoms with Crippen LogP contribution in [0.25, 0.3) is 16.8 Å². The average molecular weight is 566 g/mol. The minimum Gasteiger partial charge on any atom is -0.496 e. The molecular weight excluding hydrogens is 545 g/mol. The highest BCUT2D eigenvalue weighted by atomic mass is 79.9. The molecule has 0 unspecified atom stereocenters. The molecule has 182 valence electrons. The number of rotatable bonds is 6. The van der Waals surface area contributed by atoms with Gasteiger partial charge in [0.1, 0.15) is 29.3 Å². The van der Waals surface area contributed by atoms with E-state index < -0.39 is 0 Å². The van der Waals surface area contributed by atoms with E-state index in [4.69, 9.17) is 9.47 Å². The fourth-order valence-corrected chi connectivity index (χ4v) is 4.44. The van der Waals surface area contributed by atoms with E-state index >= 15 is 0 Å². The lowest BCUT2D eigenvalue weighted by Gasteiger charge is -2.11. The maximum Gasteiger partial charge on any atom is 0.241 e. The van der Waals surface area contributed by atoms with Gasteiger partial charge in [0.2, 0.25) is 5.78 Å². The zero-order valence-electron chi connectivity index (χ0n) is 19.4. The number of imidazole rings is 1. The van der Waals surface area contributed by atoms with Crippen LogP contribution in [-0.4, -0.2) is 34.5 Å². The van der Waals surface area contributed by atoms with E-state index in [9.17, 15) is 9.18 Å². The van der Waals surface area contributed by atoms with Gasteiger partial charge in [-0.3, -0.25) is 4.79 Å². The van der Waals surface area contributed by atoms with E-state index in [1.54, 1.807) is 47.9 Å². The van der Waals surface area contributed by atoms with Crippen molar-refractivity contribution >= 4 is 33.0 Å². The molecule has 0 aliphatic heterocycles. The lowest BCUT2D eigenvalue weighted by atomic mass is 10.0. The molecule has 0 saturated heterocycles. The fourth-order valence-electron chi connectivity index (χ4n) is 3.41. The summed E-state index contributed by atoms with van der Waals surface area (Å²) < 4.78 is 27.4. The Labute approximate surface area is 220 Å². The molecule has 0 N–H and O–H groups in total. The minimum atomic E-state index is -0.364. The third kappa shape index (κ3) is 5.69. The number of methoxy groups -OCH3 is 2. The number of hydrogen-bond acceptors (Lipinski definition) is 6. The number of halogens is 2. The Morgan fingerprint density at radius 1 is 0.972 bits per heavy atom. The maximum atomic E-state index is 14.4. The van der Waals surface area contributed by atoms with Gasteiger partial charge in [-0.1, -0.05) is 30.3 Å². The summed E-state index contributed by atoms with van der Waals surface area (Å²) in [6.45, 7) is 0. The molecule has 3 aromatic carbocycles. The first-order valence-corrected chi connectivity index (χ1v) is 12.4. The van der Waals surface area contributed by atoms with E-state index in [1.165, 1.54) is 24.5 Å². The number of nitrogens with zero attached hydrogens (tertiary/aromatic N) is 3. The molecule has 36 heavy (non-hydrogen) atoms. The molecule has 0 fully saturated rings. The second-order valence-electron chi connectivity index (χ2n) is 7.33. The summed E-state index contributed by atoms with van der Waals surface area (Å²) in [4.78, 5) is 20.6. The first-order valence-electron chi connectivity index (χ1n) is 10.7. The summed E-state index contributed by atoms with van der Waals surface area (Å²) in [5.41, 5.74) is 2.12. The molecule has 0 bridgehead atoms. The molecule has 0 aliphatic carbocycles. The predicted octanol–water partition coefficient (Wildman–Crippen LogP) is 6.83. The first-order chi connectivity index (χ1) is 17.5. The van der Waals surface area contributed by atoms with Crippen molar-refractivity contribution in [3.63, 3.8) is 0 Å². The third-order valence-corrected chi connectivity index (χ3v) is 6.55. The molecule has 0 aliphatic rings. The second kappa shape index (κ2) is 11.7. The average Bonchev–Trinajstić information content (AvgIpc) is 3.62. The molecule has 0 spiro atoms. The molecule has 5 rings (SSSR count). The van der Waals surface area contributed by atoms with E-state index in [0.29, 0.717) is 27.6 Å². The maximum absolute atomic E-state index is 14.4. The fraction of sp³-hybridized carbons (Fsp3) is 0.0741. The second-order valence-corrected chi connectivity index (χ2v) is 9.08. The lowest BCUT2D eigenvalue weighted by Crippen LogP contribution is -2.00. The van der Waals surface area contributed by atoms with E-state index in [2.05, 4.69) is 25.9 Å². The summed E-state index contributed by atoms with van der Waals surface area (Å²) in [6, 6.07) is 19.8. The summed E-state index contributed by atoms with van der Waals surface area (Å²) >= 11 is 4.60. The third-order valence-electron chi connectivity index (χ3n) is 5.13. The molecule has 5 aromatic rings. The first kappa shape index (κ1) is 25.3. The largest absolute Gasteiger partial charge is 0.496 e. The van der Waals surface area contributed by atoms with Gasteiger partial charge in [-0.15, -0.1) is 11.3 Å². The van der Waals surface area contributed by atoms with Crippen LogP contribution in [0.1, 0.15) is 15.5 Å². The number of aromatic nitrogens is 3. The van der Waals surface area contributed by atoms with Crippen LogP contribution in [0.2, 0.25) is 0 Å². The predicted molar refractivity (Wildman–Crippen MR) is 142 cm³/mol. The van der Waals surface area contributed by atoms with Crippen molar-refractivity contribution in [3.05, 3.63) is 112 Å². The van der Waals surface area contributed by atoms with Crippen molar-refractivity contribution in [1.82, 2.24) is 14.5 Å². The monoisotopic (exact) mass is 565 g/mol. The summed E-state index contributed by atoms with van der Waals surface area (Å²) in [7, 11) is 3.16. The Hall–Kier alpha value is -3.82. The number of para-hydroxylation sites is 1. The molecule has 2 heterocycles. The van der Waals surface area contributed by atoms with Crippen molar-refractivity contribution in [2.45, 2.75) is 0 Å². The van der Waals surface area contributed by atoms with Crippen molar-refractivity contribution < 1.29 is 18.7 Å². The number of hydrogen-bond donors (Lipinski definition) is 0. The Bertz CT molecular complexity index is 1470. The normalized spacial score (nSPS) is 10.3. The Kier molecular flexibility index (Phi) is 8.24. The summed E-state index contributed by atoms with van der Waals surface area (Å²) in [5, 5.41) is 2.14. The molecule has 9 heteroatoms. The molecule has 0 amide bonds. The standard InChI is InChI=1S/C20H14FN3O2S.C7H7BrO/c1-26-17-7-3-6-15(21)18(17)13-4-2-5-14(10-13)24-11-16(23-12-24)19(25)20-22-8-9-27-20;1-9-7-5-3-2-4-6(7)8/h2-12H,1H3;2-5H,1H3. The van der Waals surface area contributed by atoms with Crippen molar-refractivity contribution in [3.8, 4) is 28.3 Å². The highest BCUT2D eigenvalue weighted by Gasteiger charge is 2.16. The van der Waals surface area contributed by atoms with Gasteiger partial charge in [0, 0.05) is 23.5 Å². The van der Waals surface area contributed by atoms with Crippen LogP contribution in [0.4, 0.5) is 4.39 Å². The number of ether oxygens (including phenoxy) is 2. The smallest absolute Gasteiger partial charge is 0.241 e. The highest BCUT2D eigenvalue weighted by Crippen LogP contribution is 2.33. The van der Waals surface area contributed by atoms with Gasteiger partial charge in [-0.05, 0) is 57.9 Å². The van der Waals surface area contributed by atoms with Crippen LogP contribution < -0.4 is 9.47 Å². The van der Waals surface area contributed by atoms with Gasteiger partial charge < -0.3 is 14.0 Å². The summed E-state index contributed by atoms with van der Waals surface area (Å²) in [5.74, 6) is 0.738. The summed E-state index contributed by atoms with van der Waals surface area (Å²) in [6.07, 6.45) is 4.78. The van der Waals surface area contributed by atoms with Gasteiger partial charge in [-0.25, -0.2) is 14.4 Å². The van der Waals surface area contributed by atoms with Crippen LogP contribution in [0.5, 0.6) is 11.5 Å². The van der Waals surface area contributed by atoms with Gasteiger partial charge >= 0.3 is 0 Å². The van der Waals surface area contributed by atoms with Gasteiger partial charge in [-0.2, -0.15) is 0 Å². The number of ketones is 1. The molecule has 6 nitrogen and oxygen atoms in total. The zero-order valence-corrected chi connectivity index (χ0v) is 21.8. The Balaban J connectivity index is 0.000000286. The topological polar surface area (TPSA) is 66.2 Å². The van der Waals surface area contributed by atoms with Crippen molar-refractivity contribution in [2.24, 2.45) is 0 Å². The van der Waals surface area contributed by atoms with E-state index in [1.807, 2.05) is 48.5 Å². The lowest BCUT2D eigenvalue weighted by molar-refractivity contribution is 0.103. The van der Waals surface area contributed by atoms with Crippen LogP contribution in [0.15, 0.2) is 95.3 Å². The van der Waals surface area contributed by atoms with Crippen LogP contribution >= 0.6 is 27.3 Å². The van der Waals surface area contributed by atoms with Crippen molar-refractivity contribution in [2.75, 3.05) is 14.2 Å². The Morgan fingerprint density at radius 3 is 2.42 bits per heavy atom. The number of carbonyl (C=O) groups excluding carboxylic acids is 1. The molecule has 2 aromatic heterocycles.